The first kappa shape index (κ1) is 14.8. The monoisotopic (exact) mass is 267 g/mol. The highest BCUT2D eigenvalue weighted by Gasteiger charge is 2.10. The van der Waals surface area contributed by atoms with Crippen LogP contribution in [0, 0.1) is 11.8 Å². The molecule has 0 spiro atoms. The highest BCUT2D eigenvalue weighted by atomic mass is 14.7. The second-order valence-corrected chi connectivity index (χ2v) is 6.40. The molecule has 0 unspecified atom stereocenters. The number of aromatic nitrogens is 1. The van der Waals surface area contributed by atoms with Crippen molar-refractivity contribution in [3.8, 4) is 11.3 Å². The molecule has 106 valence electrons. The van der Waals surface area contributed by atoms with E-state index in [0.29, 0.717) is 11.8 Å². The minimum Gasteiger partial charge on any atom is -0.256 e. The SMILES string of the molecule is CC(C)Cc1cnc(-c2ccccc2)cc1CC(C)C. The van der Waals surface area contributed by atoms with Gasteiger partial charge in [0.2, 0.25) is 0 Å². The summed E-state index contributed by atoms with van der Waals surface area (Å²) in [4.78, 5) is 4.67. The van der Waals surface area contributed by atoms with Gasteiger partial charge in [-0.05, 0) is 41.9 Å². The Balaban J connectivity index is 2.37. The molecular weight excluding hydrogens is 242 g/mol. The largest absolute Gasteiger partial charge is 0.256 e. The Morgan fingerprint density at radius 2 is 1.45 bits per heavy atom. The lowest BCUT2D eigenvalue weighted by atomic mass is 9.93. The van der Waals surface area contributed by atoms with Crippen LogP contribution in [0.25, 0.3) is 11.3 Å². The van der Waals surface area contributed by atoms with Crippen LogP contribution in [0.4, 0.5) is 0 Å². The first-order valence-corrected chi connectivity index (χ1v) is 7.59. The van der Waals surface area contributed by atoms with Crippen LogP contribution < -0.4 is 0 Å². The highest BCUT2D eigenvalue weighted by molar-refractivity contribution is 5.60. The summed E-state index contributed by atoms with van der Waals surface area (Å²) in [5.74, 6) is 1.34. The summed E-state index contributed by atoms with van der Waals surface area (Å²) in [6, 6.07) is 12.7. The van der Waals surface area contributed by atoms with Gasteiger partial charge in [0, 0.05) is 11.8 Å². The summed E-state index contributed by atoms with van der Waals surface area (Å²) in [5, 5.41) is 0. The van der Waals surface area contributed by atoms with Crippen LogP contribution in [0.15, 0.2) is 42.6 Å². The van der Waals surface area contributed by atoms with Crippen molar-refractivity contribution in [1.29, 1.82) is 0 Å². The zero-order valence-corrected chi connectivity index (χ0v) is 13.1. The van der Waals surface area contributed by atoms with Gasteiger partial charge < -0.3 is 0 Å². The van der Waals surface area contributed by atoms with E-state index in [0.717, 1.165) is 18.5 Å². The minimum absolute atomic E-state index is 0.672. The second kappa shape index (κ2) is 6.69. The molecule has 1 nitrogen and oxygen atoms in total. The summed E-state index contributed by atoms with van der Waals surface area (Å²) in [6.45, 7) is 9.10. The van der Waals surface area contributed by atoms with Gasteiger partial charge in [0.15, 0.2) is 0 Å². The molecule has 0 atom stereocenters. The minimum atomic E-state index is 0.672. The Morgan fingerprint density at radius 1 is 0.850 bits per heavy atom. The van der Waals surface area contributed by atoms with Gasteiger partial charge in [-0.3, -0.25) is 4.98 Å². The Kier molecular flexibility index (Phi) is 4.94. The number of hydrogen-bond acceptors (Lipinski definition) is 1. The number of rotatable bonds is 5. The third kappa shape index (κ3) is 3.93. The third-order valence-corrected chi connectivity index (χ3v) is 3.41. The van der Waals surface area contributed by atoms with E-state index in [1.165, 1.54) is 16.7 Å². The van der Waals surface area contributed by atoms with E-state index in [1.54, 1.807) is 0 Å². The van der Waals surface area contributed by atoms with E-state index < -0.39 is 0 Å². The first-order chi connectivity index (χ1) is 9.56. The summed E-state index contributed by atoms with van der Waals surface area (Å²) in [7, 11) is 0. The fraction of sp³-hybridized carbons (Fsp3) is 0.421. The van der Waals surface area contributed by atoms with Crippen molar-refractivity contribution >= 4 is 0 Å². The predicted molar refractivity (Wildman–Crippen MR) is 86.8 cm³/mol. The van der Waals surface area contributed by atoms with Crippen molar-refractivity contribution in [2.45, 2.75) is 40.5 Å². The van der Waals surface area contributed by atoms with E-state index in [-0.39, 0.29) is 0 Å². The molecule has 0 radical (unpaired) electrons. The highest BCUT2D eigenvalue weighted by Crippen LogP contribution is 2.23. The van der Waals surface area contributed by atoms with Crippen LogP contribution in [-0.2, 0) is 12.8 Å². The van der Waals surface area contributed by atoms with E-state index >= 15 is 0 Å². The molecule has 0 amide bonds. The summed E-state index contributed by atoms with van der Waals surface area (Å²) >= 11 is 0. The Labute approximate surface area is 123 Å². The zero-order valence-electron chi connectivity index (χ0n) is 13.1. The van der Waals surface area contributed by atoms with Gasteiger partial charge >= 0.3 is 0 Å². The molecule has 0 aliphatic rings. The molecule has 0 N–H and O–H groups in total. The van der Waals surface area contributed by atoms with E-state index in [4.69, 9.17) is 0 Å². The molecule has 1 aromatic heterocycles. The molecular formula is C19H25N. The number of pyridine rings is 1. The zero-order chi connectivity index (χ0) is 14.5. The molecule has 2 aromatic rings. The fourth-order valence-electron chi connectivity index (χ4n) is 2.55. The maximum Gasteiger partial charge on any atom is 0.0704 e. The van der Waals surface area contributed by atoms with Crippen LogP contribution in [-0.4, -0.2) is 4.98 Å². The summed E-state index contributed by atoms with van der Waals surface area (Å²) in [6.07, 6.45) is 4.33. The number of nitrogens with zero attached hydrogens (tertiary/aromatic N) is 1. The maximum absolute atomic E-state index is 4.67. The van der Waals surface area contributed by atoms with Gasteiger partial charge in [0.1, 0.15) is 0 Å². The molecule has 0 aliphatic carbocycles. The fourth-order valence-corrected chi connectivity index (χ4v) is 2.55. The van der Waals surface area contributed by atoms with Crippen LogP contribution in [0.5, 0.6) is 0 Å². The first-order valence-electron chi connectivity index (χ1n) is 7.59. The number of hydrogen-bond donors (Lipinski definition) is 0. The van der Waals surface area contributed by atoms with Gasteiger partial charge in [0.25, 0.3) is 0 Å². The molecule has 0 bridgehead atoms. The van der Waals surface area contributed by atoms with E-state index in [2.05, 4.69) is 69.2 Å². The third-order valence-electron chi connectivity index (χ3n) is 3.41. The lowest BCUT2D eigenvalue weighted by Crippen LogP contribution is -2.04. The molecule has 0 fully saturated rings. The lowest BCUT2D eigenvalue weighted by Gasteiger charge is -2.15. The van der Waals surface area contributed by atoms with Crippen LogP contribution >= 0.6 is 0 Å². The standard InChI is InChI=1S/C19H25N/c1-14(2)10-17-12-19(16-8-6-5-7-9-16)20-13-18(17)11-15(3)4/h5-9,12-15H,10-11H2,1-4H3. The maximum atomic E-state index is 4.67. The van der Waals surface area contributed by atoms with Crippen molar-refractivity contribution in [1.82, 2.24) is 4.98 Å². The van der Waals surface area contributed by atoms with Crippen LogP contribution in [0.3, 0.4) is 0 Å². The van der Waals surface area contributed by atoms with Gasteiger partial charge in [-0.2, -0.15) is 0 Å². The molecule has 1 aromatic carbocycles. The lowest BCUT2D eigenvalue weighted by molar-refractivity contribution is 0.614. The van der Waals surface area contributed by atoms with Crippen molar-refractivity contribution in [2.24, 2.45) is 11.8 Å². The summed E-state index contributed by atoms with van der Waals surface area (Å²) in [5.41, 5.74) is 5.17. The number of benzene rings is 1. The molecule has 20 heavy (non-hydrogen) atoms. The van der Waals surface area contributed by atoms with Gasteiger partial charge in [0.05, 0.1) is 5.69 Å². The topological polar surface area (TPSA) is 12.9 Å². The normalized spacial score (nSPS) is 11.3. The van der Waals surface area contributed by atoms with Gasteiger partial charge in [-0.25, -0.2) is 0 Å². The predicted octanol–water partition coefficient (Wildman–Crippen LogP) is 5.15. The molecule has 2 rings (SSSR count). The average Bonchev–Trinajstić information content (AvgIpc) is 2.40. The Hall–Kier alpha value is -1.63. The van der Waals surface area contributed by atoms with E-state index in [1.807, 2.05) is 6.07 Å². The van der Waals surface area contributed by atoms with Crippen molar-refractivity contribution in [3.63, 3.8) is 0 Å². The van der Waals surface area contributed by atoms with Crippen LogP contribution in [0.1, 0.15) is 38.8 Å². The molecule has 0 saturated carbocycles. The van der Waals surface area contributed by atoms with Crippen molar-refractivity contribution in [3.05, 3.63) is 53.7 Å². The van der Waals surface area contributed by atoms with Crippen molar-refractivity contribution in [2.75, 3.05) is 0 Å². The Bertz CT molecular complexity index is 541. The van der Waals surface area contributed by atoms with Crippen molar-refractivity contribution < 1.29 is 0 Å². The van der Waals surface area contributed by atoms with Gasteiger partial charge in [-0.1, -0.05) is 58.0 Å². The second-order valence-electron chi connectivity index (χ2n) is 6.40. The molecule has 0 aliphatic heterocycles. The van der Waals surface area contributed by atoms with E-state index in [9.17, 15) is 0 Å². The van der Waals surface area contributed by atoms with Gasteiger partial charge in [-0.15, -0.1) is 0 Å². The smallest absolute Gasteiger partial charge is 0.0704 e. The quantitative estimate of drug-likeness (QED) is 0.730. The molecule has 1 heterocycles. The average molecular weight is 267 g/mol. The molecule has 1 heteroatoms. The Morgan fingerprint density at radius 3 is 2.05 bits per heavy atom. The van der Waals surface area contributed by atoms with Crippen LogP contribution in [0.2, 0.25) is 0 Å². The summed E-state index contributed by atoms with van der Waals surface area (Å²) < 4.78 is 0. The molecule has 0 saturated heterocycles.